The van der Waals surface area contributed by atoms with Crippen molar-refractivity contribution in [1.82, 2.24) is 4.98 Å². The first-order valence-electron chi connectivity index (χ1n) is 11.5. The summed E-state index contributed by atoms with van der Waals surface area (Å²) in [6.45, 7) is 8.67. The van der Waals surface area contributed by atoms with Crippen LogP contribution in [0.25, 0.3) is 10.9 Å². The highest BCUT2D eigenvalue weighted by molar-refractivity contribution is 6.02. The third kappa shape index (κ3) is 4.61. The zero-order valence-electron chi connectivity index (χ0n) is 19.7. The highest BCUT2D eigenvalue weighted by atomic mass is 16.5. The average molecular weight is 449 g/mol. The summed E-state index contributed by atoms with van der Waals surface area (Å²) in [4.78, 5) is 27.7. The van der Waals surface area contributed by atoms with Crippen LogP contribution in [0.5, 0.6) is 5.75 Å². The number of hydrogen-bond acceptors (Lipinski definition) is 3. The van der Waals surface area contributed by atoms with Crippen LogP contribution in [0.1, 0.15) is 63.3 Å². The van der Waals surface area contributed by atoms with Crippen LogP contribution in [0, 0.1) is 6.92 Å². The van der Waals surface area contributed by atoms with Crippen LogP contribution in [-0.2, 0) is 20.4 Å². The number of hydrogen-bond donors (Lipinski definition) is 3. The molecule has 174 valence electrons. The van der Waals surface area contributed by atoms with Gasteiger partial charge in [-0.05, 0) is 74.6 Å². The third-order valence-corrected chi connectivity index (χ3v) is 6.78. The Morgan fingerprint density at radius 2 is 1.91 bits per heavy atom. The normalized spacial score (nSPS) is 14.8. The molecule has 6 heteroatoms. The molecule has 3 N–H and O–H groups in total. The second kappa shape index (κ2) is 8.58. The summed E-state index contributed by atoms with van der Waals surface area (Å²) < 4.78 is 5.64. The van der Waals surface area contributed by atoms with E-state index in [9.17, 15) is 9.59 Å². The van der Waals surface area contributed by atoms with Crippen molar-refractivity contribution < 1.29 is 19.4 Å². The van der Waals surface area contributed by atoms with E-state index >= 15 is 0 Å². The largest absolute Gasteiger partial charge is 0.494 e. The van der Waals surface area contributed by atoms with Crippen LogP contribution in [-0.4, -0.2) is 28.6 Å². The summed E-state index contributed by atoms with van der Waals surface area (Å²) in [5, 5.41) is 13.1. The van der Waals surface area contributed by atoms with Crippen molar-refractivity contribution in [2.45, 2.75) is 64.2 Å². The van der Waals surface area contributed by atoms with Gasteiger partial charge in [-0.25, -0.2) is 0 Å². The number of amides is 1. The van der Waals surface area contributed by atoms with E-state index in [4.69, 9.17) is 9.84 Å². The van der Waals surface area contributed by atoms with E-state index in [0.29, 0.717) is 13.0 Å². The molecule has 1 amide bonds. The number of carboxylic acid groups (broad SMARTS) is 1. The molecule has 0 aliphatic heterocycles. The van der Waals surface area contributed by atoms with Crippen LogP contribution in [0.4, 0.5) is 5.69 Å². The Kier molecular flexibility index (Phi) is 5.95. The Morgan fingerprint density at radius 3 is 2.55 bits per heavy atom. The fourth-order valence-electron chi connectivity index (χ4n) is 4.42. The topological polar surface area (TPSA) is 91.4 Å². The lowest BCUT2D eigenvalue weighted by Gasteiger charge is -2.22. The second-order valence-electron chi connectivity index (χ2n) is 9.71. The summed E-state index contributed by atoms with van der Waals surface area (Å²) >= 11 is 0. The van der Waals surface area contributed by atoms with Crippen LogP contribution >= 0.6 is 0 Å². The van der Waals surface area contributed by atoms with Gasteiger partial charge >= 0.3 is 5.97 Å². The quantitative estimate of drug-likeness (QED) is 0.392. The number of aryl methyl sites for hydroxylation is 1. The van der Waals surface area contributed by atoms with E-state index in [1.165, 1.54) is 0 Å². The fraction of sp³-hybridized carbons (Fsp3) is 0.407. The molecule has 1 fully saturated rings. The van der Waals surface area contributed by atoms with Gasteiger partial charge in [0.05, 0.1) is 12.0 Å². The summed E-state index contributed by atoms with van der Waals surface area (Å²) in [5.41, 5.74) is 4.03. The van der Waals surface area contributed by atoms with Gasteiger partial charge in [-0.15, -0.1) is 0 Å². The van der Waals surface area contributed by atoms with Crippen molar-refractivity contribution in [3.05, 3.63) is 59.3 Å². The maximum absolute atomic E-state index is 13.3. The Bertz CT molecular complexity index is 1200. The molecule has 0 spiro atoms. The number of rotatable bonds is 9. The SMILES string of the molecule is CCOc1ccc(C2(C(=O)Nc3ccc4[nH]c(C(C)(C)CCC(=O)O)cc4c3)CC2)cc1C. The van der Waals surface area contributed by atoms with E-state index < -0.39 is 11.4 Å². The number of aromatic nitrogens is 1. The van der Waals surface area contributed by atoms with Crippen LogP contribution in [0.2, 0.25) is 0 Å². The highest BCUT2D eigenvalue weighted by Gasteiger charge is 2.51. The molecule has 0 bridgehead atoms. The molecule has 4 rings (SSSR count). The number of aromatic amines is 1. The van der Waals surface area contributed by atoms with Gasteiger partial charge in [0.1, 0.15) is 5.75 Å². The molecule has 1 aliphatic carbocycles. The average Bonchev–Trinajstić information content (AvgIpc) is 3.47. The van der Waals surface area contributed by atoms with Gasteiger partial charge in [-0.1, -0.05) is 26.0 Å². The van der Waals surface area contributed by atoms with Crippen molar-refractivity contribution in [3.8, 4) is 5.75 Å². The van der Waals surface area contributed by atoms with Crippen LogP contribution < -0.4 is 10.1 Å². The Morgan fingerprint density at radius 1 is 1.15 bits per heavy atom. The summed E-state index contributed by atoms with van der Waals surface area (Å²) in [7, 11) is 0. The van der Waals surface area contributed by atoms with E-state index in [1.54, 1.807) is 0 Å². The number of fused-ring (bicyclic) bond motifs is 1. The first-order chi connectivity index (χ1) is 15.6. The molecule has 1 aromatic heterocycles. The molecule has 1 saturated carbocycles. The Balaban J connectivity index is 1.52. The lowest BCUT2D eigenvalue weighted by atomic mass is 9.84. The number of anilines is 1. The molecule has 1 aliphatic rings. The molecule has 33 heavy (non-hydrogen) atoms. The number of aliphatic carboxylic acids is 1. The van der Waals surface area contributed by atoms with E-state index in [1.807, 2.05) is 58.0 Å². The summed E-state index contributed by atoms with van der Waals surface area (Å²) in [5.74, 6) is 0.0846. The number of carboxylic acids is 1. The second-order valence-corrected chi connectivity index (χ2v) is 9.71. The molecule has 0 unspecified atom stereocenters. The van der Waals surface area contributed by atoms with Gasteiger partial charge in [0.2, 0.25) is 5.91 Å². The Labute approximate surface area is 194 Å². The molecule has 2 aromatic carbocycles. The molecular weight excluding hydrogens is 416 g/mol. The van der Waals surface area contributed by atoms with Crippen molar-refractivity contribution in [2.75, 3.05) is 11.9 Å². The lowest BCUT2D eigenvalue weighted by Crippen LogP contribution is -2.27. The molecule has 1 heterocycles. The number of carbonyl (C=O) groups excluding carboxylic acids is 1. The van der Waals surface area contributed by atoms with Crippen molar-refractivity contribution in [1.29, 1.82) is 0 Å². The van der Waals surface area contributed by atoms with E-state index in [2.05, 4.69) is 22.4 Å². The summed E-state index contributed by atoms with van der Waals surface area (Å²) in [6.07, 6.45) is 2.33. The van der Waals surface area contributed by atoms with E-state index in [0.717, 1.165) is 52.0 Å². The molecule has 3 aromatic rings. The molecule has 0 atom stereocenters. The first-order valence-corrected chi connectivity index (χ1v) is 11.5. The molecule has 6 nitrogen and oxygen atoms in total. The molecular formula is C27H32N2O4. The predicted octanol–water partition coefficient (Wildman–Crippen LogP) is 5.69. The minimum absolute atomic E-state index is 0.0166. The first kappa shape index (κ1) is 22.9. The van der Waals surface area contributed by atoms with E-state index in [-0.39, 0.29) is 17.7 Å². The minimum atomic E-state index is -0.791. The van der Waals surface area contributed by atoms with Gasteiger partial charge in [0, 0.05) is 34.1 Å². The van der Waals surface area contributed by atoms with Crippen LogP contribution in [0.3, 0.4) is 0 Å². The van der Waals surface area contributed by atoms with Gasteiger partial charge in [0.25, 0.3) is 0 Å². The zero-order valence-corrected chi connectivity index (χ0v) is 19.7. The number of benzene rings is 2. The molecule has 0 saturated heterocycles. The third-order valence-electron chi connectivity index (χ3n) is 6.78. The number of carbonyl (C=O) groups is 2. The van der Waals surface area contributed by atoms with Gasteiger partial charge in [-0.2, -0.15) is 0 Å². The maximum atomic E-state index is 13.3. The highest BCUT2D eigenvalue weighted by Crippen LogP contribution is 2.49. The number of ether oxygens (including phenoxy) is 1. The Hall–Kier alpha value is -3.28. The van der Waals surface area contributed by atoms with Crippen LogP contribution in [0.15, 0.2) is 42.5 Å². The monoisotopic (exact) mass is 448 g/mol. The minimum Gasteiger partial charge on any atom is -0.494 e. The van der Waals surface area contributed by atoms with Gasteiger partial charge in [-0.3, -0.25) is 9.59 Å². The smallest absolute Gasteiger partial charge is 0.303 e. The standard InChI is InChI=1S/C27H32N2O4/c1-5-33-22-9-6-19(14-17(22)2)27(12-13-27)25(32)28-20-7-8-21-18(15-20)16-23(29-21)26(3,4)11-10-24(30)31/h6-9,14-16,29H,5,10-13H2,1-4H3,(H,28,32)(H,30,31). The number of nitrogens with one attached hydrogen (secondary N) is 2. The predicted molar refractivity (Wildman–Crippen MR) is 130 cm³/mol. The molecule has 0 radical (unpaired) electrons. The number of H-pyrrole nitrogens is 1. The maximum Gasteiger partial charge on any atom is 0.303 e. The fourth-order valence-corrected chi connectivity index (χ4v) is 4.42. The van der Waals surface area contributed by atoms with Gasteiger partial charge < -0.3 is 20.1 Å². The zero-order chi connectivity index (χ0) is 23.8. The van der Waals surface area contributed by atoms with Crippen molar-refractivity contribution >= 4 is 28.5 Å². The van der Waals surface area contributed by atoms with Gasteiger partial charge in [0.15, 0.2) is 0 Å². The van der Waals surface area contributed by atoms with Crippen molar-refractivity contribution in [2.24, 2.45) is 0 Å². The van der Waals surface area contributed by atoms with Crippen molar-refractivity contribution in [3.63, 3.8) is 0 Å². The summed E-state index contributed by atoms with van der Waals surface area (Å²) in [6, 6.07) is 13.9. The lowest BCUT2D eigenvalue weighted by molar-refractivity contribution is -0.137.